The molecule has 0 heteroatoms. The molecule has 0 saturated heterocycles. The van der Waals surface area contributed by atoms with Gasteiger partial charge in [-0.3, -0.25) is 0 Å². The van der Waals surface area contributed by atoms with Crippen LogP contribution in [-0.4, -0.2) is 0 Å². The Morgan fingerprint density at radius 1 is 1.00 bits per heavy atom. The van der Waals surface area contributed by atoms with Gasteiger partial charge in [0.05, 0.1) is 0 Å². The maximum absolute atomic E-state index is 3.80. The average molecular weight is 194 g/mol. The molecular weight excluding hydrogens is 168 g/mol. The Kier molecular flexibility index (Phi) is 5.59. The van der Waals surface area contributed by atoms with Gasteiger partial charge >= 0.3 is 0 Å². The summed E-state index contributed by atoms with van der Waals surface area (Å²) in [4.78, 5) is 0. The zero-order valence-corrected chi connectivity index (χ0v) is 10.1. The van der Waals surface area contributed by atoms with Gasteiger partial charge < -0.3 is 0 Å². The molecule has 1 rings (SSSR count). The number of hydrogen-bond acceptors (Lipinski definition) is 0. The maximum atomic E-state index is 3.80. The summed E-state index contributed by atoms with van der Waals surface area (Å²) in [6.07, 6.45) is 17.6. The van der Waals surface area contributed by atoms with Crippen molar-refractivity contribution in [2.75, 3.05) is 0 Å². The van der Waals surface area contributed by atoms with Crippen LogP contribution in [0.15, 0.2) is 0 Å². The zero-order chi connectivity index (χ0) is 10.3. The van der Waals surface area contributed by atoms with Crippen LogP contribution in [0.3, 0.4) is 0 Å². The van der Waals surface area contributed by atoms with Crippen molar-refractivity contribution < 1.29 is 0 Å². The first-order valence-corrected chi connectivity index (χ1v) is 6.58. The van der Waals surface area contributed by atoms with Crippen molar-refractivity contribution in [2.24, 2.45) is 5.41 Å². The minimum absolute atomic E-state index is 0.532. The van der Waals surface area contributed by atoms with Crippen molar-refractivity contribution in [3.05, 3.63) is 6.42 Å². The molecule has 0 aromatic heterocycles. The maximum Gasteiger partial charge on any atom is -0.0106 e. The molecule has 0 amide bonds. The number of hydrogen-bond donors (Lipinski definition) is 0. The van der Waals surface area contributed by atoms with E-state index in [0.717, 1.165) is 0 Å². The van der Waals surface area contributed by atoms with E-state index in [2.05, 4.69) is 20.3 Å². The fourth-order valence-electron chi connectivity index (χ4n) is 2.61. The highest BCUT2D eigenvalue weighted by molar-refractivity contribution is 4.95. The van der Waals surface area contributed by atoms with Crippen LogP contribution in [0.4, 0.5) is 0 Å². The van der Waals surface area contributed by atoms with Crippen LogP contribution in [-0.2, 0) is 0 Å². The lowest BCUT2D eigenvalue weighted by Gasteiger charge is -2.37. The second-order valence-electron chi connectivity index (χ2n) is 4.87. The van der Waals surface area contributed by atoms with Crippen LogP contribution in [0.1, 0.15) is 78.1 Å². The monoisotopic (exact) mass is 194 g/mol. The van der Waals surface area contributed by atoms with Crippen LogP contribution >= 0.6 is 0 Å². The summed E-state index contributed by atoms with van der Waals surface area (Å²) in [6, 6.07) is 0. The van der Waals surface area contributed by atoms with Gasteiger partial charge in [0, 0.05) is 0 Å². The molecule has 0 atom stereocenters. The highest BCUT2D eigenvalue weighted by Crippen LogP contribution is 2.43. The van der Waals surface area contributed by atoms with E-state index in [1.807, 2.05) is 0 Å². The topological polar surface area (TPSA) is 0 Å². The smallest absolute Gasteiger partial charge is 0.0106 e. The van der Waals surface area contributed by atoms with Gasteiger partial charge in [0.25, 0.3) is 0 Å². The summed E-state index contributed by atoms with van der Waals surface area (Å²) in [5, 5.41) is 0. The molecular formula is C14H26. The Morgan fingerprint density at radius 3 is 2.07 bits per heavy atom. The second kappa shape index (κ2) is 6.48. The minimum atomic E-state index is 0.532. The van der Waals surface area contributed by atoms with Crippen LogP contribution in [0, 0.1) is 11.8 Å². The molecule has 0 aliphatic heterocycles. The third-order valence-corrected chi connectivity index (χ3v) is 3.60. The van der Waals surface area contributed by atoms with Crippen molar-refractivity contribution in [2.45, 2.75) is 78.1 Å². The molecule has 0 nitrogen and oxygen atoms in total. The summed E-state index contributed by atoms with van der Waals surface area (Å²) in [6.45, 7) is 4.60. The molecule has 1 saturated carbocycles. The molecule has 1 fully saturated rings. The third kappa shape index (κ3) is 3.63. The zero-order valence-electron chi connectivity index (χ0n) is 10.1. The van der Waals surface area contributed by atoms with E-state index in [9.17, 15) is 0 Å². The van der Waals surface area contributed by atoms with E-state index < -0.39 is 0 Å². The predicted octanol–water partition coefficient (Wildman–Crippen LogP) is 5.01. The lowest BCUT2D eigenvalue weighted by molar-refractivity contribution is 0.214. The SMILES string of the molecule is CCCCC1(CCCC)[C]CCCC1. The van der Waals surface area contributed by atoms with Crippen LogP contribution in [0.2, 0.25) is 0 Å². The van der Waals surface area contributed by atoms with Crippen LogP contribution in [0.25, 0.3) is 0 Å². The fraction of sp³-hybridized carbons (Fsp3) is 0.929. The first-order chi connectivity index (χ1) is 6.83. The third-order valence-electron chi connectivity index (χ3n) is 3.60. The van der Waals surface area contributed by atoms with Gasteiger partial charge in [-0.05, 0) is 37.5 Å². The van der Waals surface area contributed by atoms with E-state index in [-0.39, 0.29) is 0 Å². The van der Waals surface area contributed by atoms with E-state index in [4.69, 9.17) is 0 Å². The Labute approximate surface area is 90.5 Å². The Bertz CT molecular complexity index is 121. The molecule has 0 unspecified atom stereocenters. The molecule has 1 aliphatic rings. The average Bonchev–Trinajstić information content (AvgIpc) is 2.25. The fourth-order valence-corrected chi connectivity index (χ4v) is 2.61. The standard InChI is InChI=1S/C14H26/c1-3-5-10-14(11-6-4-2)12-8-7-9-13-14/h3-12H2,1-2H3. The van der Waals surface area contributed by atoms with Gasteiger partial charge in [-0.1, -0.05) is 52.4 Å². The summed E-state index contributed by atoms with van der Waals surface area (Å²) in [5.41, 5.74) is 0.532. The molecule has 1 aliphatic carbocycles. The van der Waals surface area contributed by atoms with Crippen molar-refractivity contribution >= 4 is 0 Å². The van der Waals surface area contributed by atoms with Crippen molar-refractivity contribution in [3.8, 4) is 0 Å². The van der Waals surface area contributed by atoms with Crippen molar-refractivity contribution in [1.82, 2.24) is 0 Å². The molecule has 0 aromatic carbocycles. The van der Waals surface area contributed by atoms with Crippen LogP contribution < -0.4 is 0 Å². The largest absolute Gasteiger partial charge is 0.0654 e. The number of rotatable bonds is 6. The van der Waals surface area contributed by atoms with Crippen molar-refractivity contribution in [3.63, 3.8) is 0 Å². The molecule has 0 bridgehead atoms. The summed E-state index contributed by atoms with van der Waals surface area (Å²) in [5.74, 6) is 0. The van der Waals surface area contributed by atoms with Gasteiger partial charge in [0.1, 0.15) is 0 Å². The van der Waals surface area contributed by atoms with Gasteiger partial charge in [-0.25, -0.2) is 0 Å². The first kappa shape index (κ1) is 12.1. The van der Waals surface area contributed by atoms with Gasteiger partial charge in [0.2, 0.25) is 0 Å². The van der Waals surface area contributed by atoms with Gasteiger partial charge in [-0.2, -0.15) is 0 Å². The molecule has 0 N–H and O–H groups in total. The summed E-state index contributed by atoms with van der Waals surface area (Å²) in [7, 11) is 0. The molecule has 0 spiro atoms. The van der Waals surface area contributed by atoms with Gasteiger partial charge in [-0.15, -0.1) is 0 Å². The quantitative estimate of drug-likeness (QED) is 0.557. The van der Waals surface area contributed by atoms with E-state index >= 15 is 0 Å². The Balaban J connectivity index is 2.39. The minimum Gasteiger partial charge on any atom is -0.0654 e. The predicted molar refractivity (Wildman–Crippen MR) is 63.2 cm³/mol. The Hall–Kier alpha value is 0. The molecule has 0 heterocycles. The molecule has 82 valence electrons. The summed E-state index contributed by atoms with van der Waals surface area (Å²) >= 11 is 0. The van der Waals surface area contributed by atoms with Crippen molar-refractivity contribution in [1.29, 1.82) is 0 Å². The van der Waals surface area contributed by atoms with E-state index in [1.165, 1.54) is 64.2 Å². The lowest BCUT2D eigenvalue weighted by atomic mass is 9.68. The molecule has 14 heavy (non-hydrogen) atoms. The first-order valence-electron chi connectivity index (χ1n) is 6.58. The summed E-state index contributed by atoms with van der Waals surface area (Å²) < 4.78 is 0. The Morgan fingerprint density at radius 2 is 1.64 bits per heavy atom. The highest BCUT2D eigenvalue weighted by atomic mass is 14.4. The highest BCUT2D eigenvalue weighted by Gasteiger charge is 2.30. The number of unbranched alkanes of at least 4 members (excludes halogenated alkanes) is 2. The van der Waals surface area contributed by atoms with E-state index in [0.29, 0.717) is 5.41 Å². The van der Waals surface area contributed by atoms with E-state index in [1.54, 1.807) is 0 Å². The normalized spacial score (nSPS) is 21.0. The molecule has 0 aromatic rings. The van der Waals surface area contributed by atoms with Crippen LogP contribution in [0.5, 0.6) is 0 Å². The second-order valence-corrected chi connectivity index (χ2v) is 4.87. The molecule has 2 radical (unpaired) electrons. The van der Waals surface area contributed by atoms with Gasteiger partial charge in [0.15, 0.2) is 0 Å². The lowest BCUT2D eigenvalue weighted by Crippen LogP contribution is -2.24.